The van der Waals surface area contributed by atoms with E-state index in [1.165, 1.54) is 4.31 Å². The largest absolute Gasteiger partial charge is 0.341 e. The fraction of sp³-hybridized carbons (Fsp3) is 0.533. The van der Waals surface area contributed by atoms with Crippen LogP contribution in [0.1, 0.15) is 18.9 Å². The smallest absolute Gasteiger partial charge is 0.279 e. The molecule has 1 amide bonds. The van der Waals surface area contributed by atoms with Gasteiger partial charge in [0.15, 0.2) is 0 Å². The predicted molar refractivity (Wildman–Crippen MR) is 90.5 cm³/mol. The summed E-state index contributed by atoms with van der Waals surface area (Å²) in [6.45, 7) is 3.85. The number of rotatable bonds is 5. The Morgan fingerprint density at radius 1 is 1.17 bits per heavy atom. The third-order valence-corrected chi connectivity index (χ3v) is 5.69. The second-order valence-electron chi connectivity index (χ2n) is 5.44. The molecule has 2 rings (SSSR count). The number of amides is 1. The summed E-state index contributed by atoms with van der Waals surface area (Å²) in [5.41, 5.74) is 0.903. The van der Waals surface area contributed by atoms with Crippen molar-refractivity contribution < 1.29 is 13.2 Å². The lowest BCUT2D eigenvalue weighted by Crippen LogP contribution is -2.43. The molecule has 0 saturated carbocycles. The summed E-state index contributed by atoms with van der Waals surface area (Å²) in [7, 11) is -3.44. The molecule has 1 aromatic rings. The summed E-state index contributed by atoms with van der Waals surface area (Å²) in [5, 5.41) is 0.639. The van der Waals surface area contributed by atoms with E-state index in [1.54, 1.807) is 24.0 Å². The summed E-state index contributed by atoms with van der Waals surface area (Å²) >= 11 is 5.84. The average Bonchev–Trinajstić information content (AvgIpc) is 2.76. The third kappa shape index (κ3) is 5.17. The van der Waals surface area contributed by atoms with Crippen LogP contribution in [0.2, 0.25) is 5.02 Å². The summed E-state index contributed by atoms with van der Waals surface area (Å²) in [6, 6.07) is 7.19. The Morgan fingerprint density at radius 2 is 1.87 bits per heavy atom. The van der Waals surface area contributed by atoms with Gasteiger partial charge in [0.1, 0.15) is 0 Å². The van der Waals surface area contributed by atoms with Crippen LogP contribution in [0.25, 0.3) is 0 Å². The highest BCUT2D eigenvalue weighted by Crippen LogP contribution is 2.12. The van der Waals surface area contributed by atoms with Crippen LogP contribution in [0.15, 0.2) is 24.3 Å². The Labute approximate surface area is 142 Å². The Kier molecular flexibility index (Phi) is 6.41. The highest BCUT2D eigenvalue weighted by molar-refractivity contribution is 7.87. The number of carbonyl (C=O) groups excluding carboxylic acids is 1. The number of hydrogen-bond donors (Lipinski definition) is 1. The van der Waals surface area contributed by atoms with Crippen molar-refractivity contribution in [2.75, 3.05) is 32.7 Å². The van der Waals surface area contributed by atoms with E-state index >= 15 is 0 Å². The van der Waals surface area contributed by atoms with Gasteiger partial charge in [0.25, 0.3) is 10.2 Å². The summed E-state index contributed by atoms with van der Waals surface area (Å²) < 4.78 is 28.0. The lowest BCUT2D eigenvalue weighted by Gasteiger charge is -2.22. The van der Waals surface area contributed by atoms with Crippen molar-refractivity contribution in [1.29, 1.82) is 0 Å². The lowest BCUT2D eigenvalue weighted by atomic mass is 10.1. The number of hydrogen-bond acceptors (Lipinski definition) is 3. The zero-order valence-corrected chi connectivity index (χ0v) is 14.7. The molecule has 1 N–H and O–H groups in total. The van der Waals surface area contributed by atoms with Crippen molar-refractivity contribution in [3.8, 4) is 0 Å². The maximum absolute atomic E-state index is 12.4. The van der Waals surface area contributed by atoms with Crippen LogP contribution in [-0.4, -0.2) is 56.3 Å². The summed E-state index contributed by atoms with van der Waals surface area (Å²) in [6.07, 6.45) is 0.939. The predicted octanol–water partition coefficient (Wildman–Crippen LogP) is 1.27. The maximum atomic E-state index is 12.4. The molecule has 0 radical (unpaired) electrons. The van der Waals surface area contributed by atoms with E-state index in [2.05, 4.69) is 4.72 Å². The van der Waals surface area contributed by atoms with Gasteiger partial charge in [-0.1, -0.05) is 30.7 Å². The number of halogens is 1. The van der Waals surface area contributed by atoms with Crippen molar-refractivity contribution in [3.63, 3.8) is 0 Å². The lowest BCUT2D eigenvalue weighted by molar-refractivity contribution is -0.130. The second-order valence-corrected chi connectivity index (χ2v) is 7.63. The first-order valence-corrected chi connectivity index (χ1v) is 9.51. The topological polar surface area (TPSA) is 69.7 Å². The van der Waals surface area contributed by atoms with Crippen molar-refractivity contribution in [1.82, 2.24) is 13.9 Å². The maximum Gasteiger partial charge on any atom is 0.279 e. The number of benzene rings is 1. The van der Waals surface area contributed by atoms with E-state index in [-0.39, 0.29) is 5.91 Å². The molecular formula is C15H22ClN3O3S. The summed E-state index contributed by atoms with van der Waals surface area (Å²) in [5.74, 6) is 0.00928. The Balaban J connectivity index is 1.94. The molecule has 0 unspecified atom stereocenters. The van der Waals surface area contributed by atoms with Gasteiger partial charge < -0.3 is 4.90 Å². The minimum absolute atomic E-state index is 0.00928. The molecule has 0 aliphatic carbocycles. The third-order valence-electron chi connectivity index (χ3n) is 3.74. The summed E-state index contributed by atoms with van der Waals surface area (Å²) in [4.78, 5) is 14.1. The van der Waals surface area contributed by atoms with Crippen molar-refractivity contribution >= 4 is 27.7 Å². The van der Waals surface area contributed by atoms with Gasteiger partial charge in [-0.25, -0.2) is 4.72 Å². The molecule has 23 heavy (non-hydrogen) atoms. The van der Waals surface area contributed by atoms with Crippen LogP contribution in [0.5, 0.6) is 0 Å². The van der Waals surface area contributed by atoms with Crippen LogP contribution in [0.3, 0.4) is 0 Å². The van der Waals surface area contributed by atoms with Gasteiger partial charge in [0, 0.05) is 37.7 Å². The molecule has 0 atom stereocenters. The van der Waals surface area contributed by atoms with Crippen molar-refractivity contribution in [2.24, 2.45) is 0 Å². The number of nitrogens with zero attached hydrogens (tertiary/aromatic N) is 2. The first-order chi connectivity index (χ1) is 10.9. The molecule has 0 aromatic heterocycles. The highest BCUT2D eigenvalue weighted by atomic mass is 35.5. The van der Waals surface area contributed by atoms with E-state index in [1.807, 2.05) is 12.1 Å². The molecule has 1 fully saturated rings. The fourth-order valence-electron chi connectivity index (χ4n) is 2.55. The first-order valence-electron chi connectivity index (χ1n) is 7.69. The van der Waals surface area contributed by atoms with Gasteiger partial charge in [0.05, 0.1) is 6.42 Å². The van der Waals surface area contributed by atoms with E-state index in [0.717, 1.165) is 5.56 Å². The molecular weight excluding hydrogens is 338 g/mol. The molecule has 6 nitrogen and oxygen atoms in total. The highest BCUT2D eigenvalue weighted by Gasteiger charge is 2.26. The fourth-order valence-corrected chi connectivity index (χ4v) is 3.91. The molecule has 1 aliphatic rings. The quantitative estimate of drug-likeness (QED) is 0.860. The standard InChI is InChI=1S/C15H22ClN3O3S/c1-2-17-23(21,22)19-9-3-8-18(10-11-19)15(20)12-13-4-6-14(16)7-5-13/h4-7,17H,2-3,8-12H2,1H3. The molecule has 8 heteroatoms. The van der Waals surface area contributed by atoms with Gasteiger partial charge in [-0.15, -0.1) is 0 Å². The SMILES string of the molecule is CCNS(=O)(=O)N1CCCN(C(=O)Cc2ccc(Cl)cc2)CC1. The van der Waals surface area contributed by atoms with Crippen LogP contribution in [0, 0.1) is 0 Å². The first kappa shape index (κ1) is 18.2. The van der Waals surface area contributed by atoms with Gasteiger partial charge in [-0.2, -0.15) is 12.7 Å². The van der Waals surface area contributed by atoms with Crippen molar-refractivity contribution in [3.05, 3.63) is 34.9 Å². The van der Waals surface area contributed by atoms with Crippen LogP contribution in [0.4, 0.5) is 0 Å². The molecule has 1 saturated heterocycles. The van der Waals surface area contributed by atoms with E-state index in [4.69, 9.17) is 11.6 Å². The molecule has 128 valence electrons. The van der Waals surface area contributed by atoms with Crippen molar-refractivity contribution in [2.45, 2.75) is 19.8 Å². The van der Waals surface area contributed by atoms with Gasteiger partial charge >= 0.3 is 0 Å². The van der Waals surface area contributed by atoms with E-state index < -0.39 is 10.2 Å². The zero-order chi connectivity index (χ0) is 16.9. The normalized spacial score (nSPS) is 17.0. The van der Waals surface area contributed by atoms with Gasteiger partial charge in [-0.3, -0.25) is 4.79 Å². The number of nitrogens with one attached hydrogen (secondary N) is 1. The average molecular weight is 360 g/mol. The molecule has 1 aliphatic heterocycles. The van der Waals surface area contributed by atoms with E-state index in [0.29, 0.717) is 50.6 Å². The van der Waals surface area contributed by atoms with Crippen LogP contribution >= 0.6 is 11.6 Å². The number of carbonyl (C=O) groups is 1. The Hall–Kier alpha value is -1.15. The zero-order valence-electron chi connectivity index (χ0n) is 13.2. The van der Waals surface area contributed by atoms with Crippen LogP contribution in [-0.2, 0) is 21.4 Å². The minimum atomic E-state index is -3.44. The van der Waals surface area contributed by atoms with Crippen LogP contribution < -0.4 is 4.72 Å². The Morgan fingerprint density at radius 3 is 2.52 bits per heavy atom. The van der Waals surface area contributed by atoms with Gasteiger partial charge in [-0.05, 0) is 24.1 Å². The molecule has 1 heterocycles. The molecule has 0 spiro atoms. The monoisotopic (exact) mass is 359 g/mol. The van der Waals surface area contributed by atoms with Gasteiger partial charge in [0.2, 0.25) is 5.91 Å². The van der Waals surface area contributed by atoms with E-state index in [9.17, 15) is 13.2 Å². The molecule has 1 aromatic carbocycles. The Bertz CT molecular complexity index is 634. The molecule has 0 bridgehead atoms. The second kappa shape index (κ2) is 8.10. The minimum Gasteiger partial charge on any atom is -0.341 e.